The Kier molecular flexibility index (Phi) is 2.36. The normalized spacial score (nSPS) is 10.9. The molecule has 0 saturated carbocycles. The quantitative estimate of drug-likeness (QED) is 0.786. The molecule has 2 rings (SSSR count). The fourth-order valence-electron chi connectivity index (χ4n) is 1.47. The summed E-state index contributed by atoms with van der Waals surface area (Å²) in [4.78, 5) is 0. The Morgan fingerprint density at radius 3 is 2.92 bits per heavy atom. The molecule has 2 nitrogen and oxygen atoms in total. The number of hydrogen-bond donors (Lipinski definition) is 0. The summed E-state index contributed by atoms with van der Waals surface area (Å²) >= 11 is 3.46. The van der Waals surface area contributed by atoms with Gasteiger partial charge in [-0.25, -0.2) is 0 Å². The van der Waals surface area contributed by atoms with Gasteiger partial charge in [0.25, 0.3) is 0 Å². The highest BCUT2D eigenvalue weighted by molar-refractivity contribution is 9.10. The van der Waals surface area contributed by atoms with E-state index in [-0.39, 0.29) is 0 Å². The molecule has 3 heteroatoms. The Labute approximate surface area is 85.7 Å². The lowest BCUT2D eigenvalue weighted by atomic mass is 10.2. The van der Waals surface area contributed by atoms with Crippen molar-refractivity contribution in [2.75, 3.05) is 0 Å². The lowest BCUT2D eigenvalue weighted by Gasteiger charge is -1.98. The van der Waals surface area contributed by atoms with Crippen molar-refractivity contribution in [1.29, 1.82) is 0 Å². The van der Waals surface area contributed by atoms with Crippen molar-refractivity contribution in [3.63, 3.8) is 0 Å². The van der Waals surface area contributed by atoms with Crippen molar-refractivity contribution in [3.05, 3.63) is 28.9 Å². The molecule has 1 aromatic heterocycles. The first-order chi connectivity index (χ1) is 6.33. The van der Waals surface area contributed by atoms with Crippen LogP contribution in [0, 0.1) is 0 Å². The van der Waals surface area contributed by atoms with E-state index in [0.717, 1.165) is 17.6 Å². The topological polar surface area (TPSA) is 17.8 Å². The molecule has 1 aromatic carbocycles. The van der Waals surface area contributed by atoms with E-state index >= 15 is 0 Å². The average Bonchev–Trinajstić information content (AvgIpc) is 2.46. The molecule has 13 heavy (non-hydrogen) atoms. The van der Waals surface area contributed by atoms with Gasteiger partial charge in [0.15, 0.2) is 0 Å². The van der Waals surface area contributed by atoms with Gasteiger partial charge in [0.05, 0.1) is 5.52 Å². The predicted molar refractivity (Wildman–Crippen MR) is 57.7 cm³/mol. The second kappa shape index (κ2) is 3.50. The maximum atomic E-state index is 4.41. The number of fused-ring (bicyclic) bond motifs is 1. The van der Waals surface area contributed by atoms with Crippen molar-refractivity contribution in [3.8, 4) is 0 Å². The number of aromatic nitrogens is 2. The van der Waals surface area contributed by atoms with Gasteiger partial charge in [-0.15, -0.1) is 0 Å². The van der Waals surface area contributed by atoms with E-state index in [1.807, 2.05) is 16.8 Å². The maximum absolute atomic E-state index is 4.41. The Balaban J connectivity index is 2.63. The van der Waals surface area contributed by atoms with E-state index in [9.17, 15) is 0 Å². The van der Waals surface area contributed by atoms with Crippen LogP contribution in [0.2, 0.25) is 0 Å². The van der Waals surface area contributed by atoms with E-state index in [0.29, 0.717) is 0 Å². The molecule has 0 atom stereocenters. The lowest BCUT2D eigenvalue weighted by molar-refractivity contribution is 0.619. The van der Waals surface area contributed by atoms with Crippen LogP contribution < -0.4 is 0 Å². The van der Waals surface area contributed by atoms with Crippen LogP contribution in [-0.4, -0.2) is 9.78 Å². The van der Waals surface area contributed by atoms with Crippen LogP contribution in [0.25, 0.3) is 10.9 Å². The number of aryl methyl sites for hydroxylation is 1. The van der Waals surface area contributed by atoms with E-state index < -0.39 is 0 Å². The SMILES string of the molecule is CCCn1nc(Br)c2ccccc21. The summed E-state index contributed by atoms with van der Waals surface area (Å²) in [6.45, 7) is 3.14. The molecule has 0 aliphatic carbocycles. The Morgan fingerprint density at radius 2 is 2.15 bits per heavy atom. The zero-order valence-corrected chi connectivity index (χ0v) is 9.08. The molecule has 0 bridgehead atoms. The first kappa shape index (κ1) is 8.75. The fraction of sp³-hybridized carbons (Fsp3) is 0.300. The highest BCUT2D eigenvalue weighted by Gasteiger charge is 2.05. The summed E-state index contributed by atoms with van der Waals surface area (Å²) in [5.41, 5.74) is 1.20. The molecule has 0 fully saturated rings. The minimum Gasteiger partial charge on any atom is -0.264 e. The van der Waals surface area contributed by atoms with Crippen LogP contribution in [0.4, 0.5) is 0 Å². The molecule has 2 aromatic rings. The molecule has 0 aliphatic heterocycles. The molecule has 0 saturated heterocycles. The zero-order chi connectivity index (χ0) is 9.26. The van der Waals surface area contributed by atoms with Gasteiger partial charge in [-0.3, -0.25) is 4.68 Å². The van der Waals surface area contributed by atoms with Gasteiger partial charge in [0, 0.05) is 11.9 Å². The van der Waals surface area contributed by atoms with Gasteiger partial charge >= 0.3 is 0 Å². The maximum Gasteiger partial charge on any atom is 0.135 e. The molecule has 0 spiro atoms. The summed E-state index contributed by atoms with van der Waals surface area (Å²) in [5, 5.41) is 5.60. The van der Waals surface area contributed by atoms with Crippen molar-refractivity contribution >= 4 is 26.8 Å². The Hall–Kier alpha value is -0.830. The number of rotatable bonds is 2. The molecule has 0 radical (unpaired) electrons. The lowest BCUT2D eigenvalue weighted by Crippen LogP contribution is -1.97. The van der Waals surface area contributed by atoms with Crippen LogP contribution in [0.15, 0.2) is 28.9 Å². The molecule has 1 heterocycles. The van der Waals surface area contributed by atoms with Gasteiger partial charge in [-0.2, -0.15) is 5.10 Å². The summed E-state index contributed by atoms with van der Waals surface area (Å²) in [7, 11) is 0. The summed E-state index contributed by atoms with van der Waals surface area (Å²) in [5.74, 6) is 0. The van der Waals surface area contributed by atoms with E-state index in [2.05, 4.69) is 40.1 Å². The molecular weight excluding hydrogens is 228 g/mol. The Morgan fingerprint density at radius 1 is 1.38 bits per heavy atom. The molecule has 0 N–H and O–H groups in total. The van der Waals surface area contributed by atoms with E-state index in [1.54, 1.807) is 0 Å². The van der Waals surface area contributed by atoms with Crippen LogP contribution in [0.1, 0.15) is 13.3 Å². The molecule has 0 aliphatic rings. The second-order valence-corrected chi connectivity index (χ2v) is 3.78. The van der Waals surface area contributed by atoms with Crippen LogP contribution >= 0.6 is 15.9 Å². The third-order valence-electron chi connectivity index (χ3n) is 2.05. The van der Waals surface area contributed by atoms with Crippen molar-refractivity contribution in [1.82, 2.24) is 9.78 Å². The monoisotopic (exact) mass is 238 g/mol. The number of nitrogens with zero attached hydrogens (tertiary/aromatic N) is 2. The second-order valence-electron chi connectivity index (χ2n) is 3.03. The van der Waals surface area contributed by atoms with Gasteiger partial charge in [-0.1, -0.05) is 25.1 Å². The third-order valence-corrected chi connectivity index (χ3v) is 2.63. The number of para-hydroxylation sites is 1. The molecule has 0 unspecified atom stereocenters. The van der Waals surface area contributed by atoms with Crippen molar-refractivity contribution in [2.24, 2.45) is 0 Å². The number of hydrogen-bond acceptors (Lipinski definition) is 1. The van der Waals surface area contributed by atoms with Gasteiger partial charge < -0.3 is 0 Å². The van der Waals surface area contributed by atoms with Crippen LogP contribution in [0.3, 0.4) is 0 Å². The van der Waals surface area contributed by atoms with Crippen LogP contribution in [-0.2, 0) is 6.54 Å². The van der Waals surface area contributed by atoms with E-state index in [4.69, 9.17) is 0 Å². The van der Waals surface area contributed by atoms with Crippen molar-refractivity contribution < 1.29 is 0 Å². The van der Waals surface area contributed by atoms with Crippen LogP contribution in [0.5, 0.6) is 0 Å². The fourth-order valence-corrected chi connectivity index (χ4v) is 2.00. The summed E-state index contributed by atoms with van der Waals surface area (Å²) < 4.78 is 2.98. The Bertz CT molecular complexity index is 420. The smallest absolute Gasteiger partial charge is 0.135 e. The first-order valence-electron chi connectivity index (χ1n) is 4.44. The third kappa shape index (κ3) is 1.48. The number of benzene rings is 1. The summed E-state index contributed by atoms with van der Waals surface area (Å²) in [6.07, 6.45) is 1.11. The number of halogens is 1. The van der Waals surface area contributed by atoms with Gasteiger partial charge in [0.1, 0.15) is 4.60 Å². The minimum atomic E-state index is 0.941. The summed E-state index contributed by atoms with van der Waals surface area (Å²) in [6, 6.07) is 8.26. The highest BCUT2D eigenvalue weighted by atomic mass is 79.9. The van der Waals surface area contributed by atoms with Gasteiger partial charge in [0.2, 0.25) is 0 Å². The molecule has 0 amide bonds. The zero-order valence-electron chi connectivity index (χ0n) is 7.50. The largest absolute Gasteiger partial charge is 0.264 e. The molecular formula is C10H11BrN2. The minimum absolute atomic E-state index is 0.941. The average molecular weight is 239 g/mol. The van der Waals surface area contributed by atoms with E-state index in [1.165, 1.54) is 10.9 Å². The highest BCUT2D eigenvalue weighted by Crippen LogP contribution is 2.22. The van der Waals surface area contributed by atoms with Gasteiger partial charge in [-0.05, 0) is 28.4 Å². The standard InChI is InChI=1S/C10H11BrN2/c1-2-7-13-9-6-4-3-5-8(9)10(11)12-13/h3-6H,2,7H2,1H3. The van der Waals surface area contributed by atoms with Crippen molar-refractivity contribution in [2.45, 2.75) is 19.9 Å². The predicted octanol–water partition coefficient (Wildman–Crippen LogP) is 3.21. The first-order valence-corrected chi connectivity index (χ1v) is 5.23. The molecule has 68 valence electrons.